The van der Waals surface area contributed by atoms with Crippen LogP contribution < -0.4 is 9.47 Å². The number of carbonyl (C=O) groups is 2. The molecule has 3 aromatic carbocycles. The van der Waals surface area contributed by atoms with E-state index in [1.807, 2.05) is 112 Å². The maximum absolute atomic E-state index is 13.7. The van der Waals surface area contributed by atoms with E-state index in [2.05, 4.69) is 33.9 Å². The SMILES string of the molecule is COc1ccc(COC/C=C/C(C)(C)C(=O)CC(=O)C[C@@H](CC(OCc2ccc(OC)cc2)[C@H](C)OCc2ccccc2)O[Si](C)(C)C(C)(C)C)cc1. The molecule has 3 atom stereocenters. The van der Waals surface area contributed by atoms with E-state index in [0.29, 0.717) is 32.8 Å². The molecule has 290 valence electrons. The number of Topliss-reactive ketones (excluding diaryl/α,β-unsaturated/α-hetero) is 2. The van der Waals surface area contributed by atoms with Gasteiger partial charge in [0.05, 0.1) is 65.4 Å². The highest BCUT2D eigenvalue weighted by atomic mass is 28.4. The number of rotatable bonds is 23. The molecule has 0 aliphatic carbocycles. The average Bonchev–Trinajstić information content (AvgIpc) is 3.12. The smallest absolute Gasteiger partial charge is 0.192 e. The van der Waals surface area contributed by atoms with Crippen molar-refractivity contribution < 1.29 is 37.7 Å². The summed E-state index contributed by atoms with van der Waals surface area (Å²) in [5.74, 6) is 1.27. The zero-order valence-electron chi connectivity index (χ0n) is 33.6. The molecular formula is C44H62O8Si. The highest BCUT2D eigenvalue weighted by molar-refractivity contribution is 6.74. The number of methoxy groups -OCH3 is 2. The first-order valence-corrected chi connectivity index (χ1v) is 21.4. The van der Waals surface area contributed by atoms with E-state index >= 15 is 0 Å². The number of benzene rings is 3. The normalized spacial score (nSPS) is 14.2. The number of allylic oxidation sites excluding steroid dienone is 1. The summed E-state index contributed by atoms with van der Waals surface area (Å²) in [6.45, 7) is 18.2. The van der Waals surface area contributed by atoms with Gasteiger partial charge in [-0.1, -0.05) is 87.5 Å². The van der Waals surface area contributed by atoms with Gasteiger partial charge in [-0.15, -0.1) is 0 Å². The molecule has 0 aromatic heterocycles. The maximum atomic E-state index is 13.7. The van der Waals surface area contributed by atoms with Gasteiger partial charge < -0.3 is 28.1 Å². The van der Waals surface area contributed by atoms with Crippen LogP contribution in [-0.4, -0.2) is 59.0 Å². The second kappa shape index (κ2) is 20.7. The van der Waals surface area contributed by atoms with Crippen molar-refractivity contribution in [3.05, 3.63) is 108 Å². The lowest BCUT2D eigenvalue weighted by Gasteiger charge is -2.40. The average molecular weight is 747 g/mol. The molecule has 0 radical (unpaired) electrons. The molecule has 0 saturated heterocycles. The minimum Gasteiger partial charge on any atom is -0.497 e. The maximum Gasteiger partial charge on any atom is 0.192 e. The quantitative estimate of drug-likeness (QED) is 0.0410. The number of carbonyl (C=O) groups excluding carboxylic acids is 2. The van der Waals surface area contributed by atoms with Crippen LogP contribution >= 0.6 is 0 Å². The molecular weight excluding hydrogens is 685 g/mol. The van der Waals surface area contributed by atoms with Crippen LogP contribution in [0.15, 0.2) is 91.0 Å². The minimum atomic E-state index is -2.32. The Labute approximate surface area is 319 Å². The van der Waals surface area contributed by atoms with Crippen LogP contribution in [0.25, 0.3) is 0 Å². The molecule has 0 bridgehead atoms. The molecule has 9 heteroatoms. The summed E-state index contributed by atoms with van der Waals surface area (Å²) in [7, 11) is 0.963. The van der Waals surface area contributed by atoms with Gasteiger partial charge in [0, 0.05) is 18.3 Å². The minimum absolute atomic E-state index is 0.0821. The Hall–Kier alpha value is -3.60. The first-order chi connectivity index (χ1) is 25.0. The zero-order valence-corrected chi connectivity index (χ0v) is 34.6. The van der Waals surface area contributed by atoms with Crippen LogP contribution in [0.1, 0.15) is 77.5 Å². The van der Waals surface area contributed by atoms with Gasteiger partial charge in [-0.05, 0) is 79.9 Å². The topological polar surface area (TPSA) is 89.5 Å². The molecule has 0 amide bonds. The highest BCUT2D eigenvalue weighted by Gasteiger charge is 2.41. The Kier molecular flexibility index (Phi) is 17.1. The monoisotopic (exact) mass is 746 g/mol. The molecule has 3 aromatic rings. The van der Waals surface area contributed by atoms with Gasteiger partial charge in [-0.3, -0.25) is 9.59 Å². The predicted molar refractivity (Wildman–Crippen MR) is 214 cm³/mol. The van der Waals surface area contributed by atoms with Crippen LogP contribution in [0, 0.1) is 5.41 Å². The van der Waals surface area contributed by atoms with E-state index < -0.39 is 19.8 Å². The second-order valence-corrected chi connectivity index (χ2v) is 20.5. The van der Waals surface area contributed by atoms with Gasteiger partial charge in [0.1, 0.15) is 23.1 Å². The summed E-state index contributed by atoms with van der Waals surface area (Å²) >= 11 is 0. The van der Waals surface area contributed by atoms with Crippen LogP contribution in [0.4, 0.5) is 0 Å². The fourth-order valence-electron chi connectivity index (χ4n) is 5.39. The van der Waals surface area contributed by atoms with E-state index in [1.54, 1.807) is 14.2 Å². The molecule has 53 heavy (non-hydrogen) atoms. The lowest BCUT2D eigenvalue weighted by atomic mass is 9.84. The van der Waals surface area contributed by atoms with E-state index in [4.69, 9.17) is 28.1 Å². The molecule has 0 heterocycles. The Bertz CT molecular complexity index is 1560. The van der Waals surface area contributed by atoms with Crippen molar-refractivity contribution in [3.63, 3.8) is 0 Å². The predicted octanol–water partition coefficient (Wildman–Crippen LogP) is 9.69. The first-order valence-electron chi connectivity index (χ1n) is 18.5. The van der Waals surface area contributed by atoms with E-state index in [9.17, 15) is 9.59 Å². The van der Waals surface area contributed by atoms with Crippen LogP contribution in [0.5, 0.6) is 11.5 Å². The van der Waals surface area contributed by atoms with E-state index in [0.717, 1.165) is 28.2 Å². The first kappa shape index (κ1) is 43.8. The third-order valence-electron chi connectivity index (χ3n) is 9.97. The van der Waals surface area contributed by atoms with Crippen molar-refractivity contribution in [2.75, 3.05) is 20.8 Å². The Morgan fingerprint density at radius 1 is 0.736 bits per heavy atom. The Morgan fingerprint density at radius 3 is 1.81 bits per heavy atom. The zero-order chi connectivity index (χ0) is 39.1. The van der Waals surface area contributed by atoms with Gasteiger partial charge in [0.25, 0.3) is 0 Å². The molecule has 0 fully saturated rings. The lowest BCUT2D eigenvalue weighted by molar-refractivity contribution is -0.132. The molecule has 3 rings (SSSR count). The highest BCUT2D eigenvalue weighted by Crippen LogP contribution is 2.38. The second-order valence-electron chi connectivity index (χ2n) is 15.8. The van der Waals surface area contributed by atoms with E-state index in [-0.39, 0.29) is 41.7 Å². The van der Waals surface area contributed by atoms with Gasteiger partial charge in [-0.2, -0.15) is 0 Å². The largest absolute Gasteiger partial charge is 0.497 e. The summed E-state index contributed by atoms with van der Waals surface area (Å²) in [4.78, 5) is 27.2. The fourth-order valence-corrected chi connectivity index (χ4v) is 6.76. The number of hydrogen-bond donors (Lipinski definition) is 0. The lowest BCUT2D eigenvalue weighted by Crippen LogP contribution is -2.46. The van der Waals surface area contributed by atoms with Gasteiger partial charge >= 0.3 is 0 Å². The molecule has 0 saturated carbocycles. The van der Waals surface area contributed by atoms with Crippen molar-refractivity contribution in [2.24, 2.45) is 5.41 Å². The van der Waals surface area contributed by atoms with Crippen molar-refractivity contribution >= 4 is 19.9 Å². The Morgan fingerprint density at radius 2 is 1.26 bits per heavy atom. The van der Waals surface area contributed by atoms with Crippen molar-refractivity contribution in [1.82, 2.24) is 0 Å². The van der Waals surface area contributed by atoms with Crippen molar-refractivity contribution in [2.45, 2.75) is 117 Å². The summed E-state index contributed by atoms with van der Waals surface area (Å²) in [5, 5.41) is -0.0821. The standard InChI is InChI=1S/C44H62O8Si/c1-33(50-31-34-15-12-11-13-16-34)41(51-32-36-19-23-39(48-8)24-20-36)29-40(52-53(9,10)43(2,3)4)27-37(45)28-42(46)44(5,6)25-14-26-49-30-35-17-21-38(47-7)22-18-35/h11-25,33,40-41H,26-32H2,1-10H3/b25-14+/t33-,40-,41?/m0/s1. The summed E-state index contributed by atoms with van der Waals surface area (Å²) in [5.41, 5.74) is 2.26. The van der Waals surface area contributed by atoms with E-state index in [1.165, 1.54) is 0 Å². The summed E-state index contributed by atoms with van der Waals surface area (Å²) in [6.07, 6.45) is 2.91. The van der Waals surface area contributed by atoms with Crippen LogP contribution in [0.2, 0.25) is 18.1 Å². The molecule has 1 unspecified atom stereocenters. The molecule has 8 nitrogen and oxygen atoms in total. The fraction of sp³-hybridized carbons (Fsp3) is 0.500. The molecule has 0 aliphatic heterocycles. The third-order valence-corrected chi connectivity index (χ3v) is 14.5. The summed E-state index contributed by atoms with van der Waals surface area (Å²) < 4.78 is 36.2. The summed E-state index contributed by atoms with van der Waals surface area (Å²) in [6, 6.07) is 25.5. The Balaban J connectivity index is 1.71. The van der Waals surface area contributed by atoms with Gasteiger partial charge in [0.15, 0.2) is 8.32 Å². The number of hydrogen-bond acceptors (Lipinski definition) is 8. The molecule has 0 N–H and O–H groups in total. The molecule has 0 spiro atoms. The van der Waals surface area contributed by atoms with Crippen molar-refractivity contribution in [3.8, 4) is 11.5 Å². The van der Waals surface area contributed by atoms with Crippen molar-refractivity contribution in [1.29, 1.82) is 0 Å². The van der Waals surface area contributed by atoms with Crippen LogP contribution in [0.3, 0.4) is 0 Å². The van der Waals surface area contributed by atoms with Gasteiger partial charge in [0.2, 0.25) is 0 Å². The number of ether oxygens (including phenoxy) is 5. The number of ketones is 2. The van der Waals surface area contributed by atoms with Crippen LogP contribution in [-0.2, 0) is 48.0 Å². The third kappa shape index (κ3) is 15.0. The molecule has 0 aliphatic rings. The van der Waals surface area contributed by atoms with Gasteiger partial charge in [-0.25, -0.2) is 0 Å².